The third-order valence-electron chi connectivity index (χ3n) is 6.23. The molecule has 5 nitrogen and oxygen atoms in total. The summed E-state index contributed by atoms with van der Waals surface area (Å²) in [6.45, 7) is 1.17. The Balaban J connectivity index is 1.53. The average Bonchev–Trinajstić information content (AvgIpc) is 2.85. The lowest BCUT2D eigenvalue weighted by Crippen LogP contribution is -2.43. The summed E-state index contributed by atoms with van der Waals surface area (Å²) in [7, 11) is 0. The van der Waals surface area contributed by atoms with Crippen molar-refractivity contribution >= 4 is 55.7 Å². The van der Waals surface area contributed by atoms with Crippen molar-refractivity contribution in [2.45, 2.75) is 12.8 Å². The van der Waals surface area contributed by atoms with Gasteiger partial charge >= 0.3 is 0 Å². The van der Waals surface area contributed by atoms with Crippen molar-refractivity contribution in [2.24, 2.45) is 5.92 Å². The minimum absolute atomic E-state index is 0.0338. The second-order valence-corrected chi connectivity index (χ2v) is 9.87. The highest BCUT2D eigenvalue weighted by atomic mass is 79.9. The maximum atomic E-state index is 13.4. The highest BCUT2D eigenvalue weighted by molar-refractivity contribution is 9.10. The van der Waals surface area contributed by atoms with Gasteiger partial charge in [-0.2, -0.15) is 0 Å². The number of hydrogen-bond acceptors (Lipinski definition) is 3. The van der Waals surface area contributed by atoms with Crippen molar-refractivity contribution < 1.29 is 4.79 Å². The van der Waals surface area contributed by atoms with Crippen molar-refractivity contribution in [2.75, 3.05) is 23.3 Å². The fraction of sp³-hybridized carbons (Fsp3) is 0.185. The van der Waals surface area contributed by atoms with E-state index < -0.39 is 0 Å². The number of fused-ring (bicyclic) bond motifs is 1. The molecule has 3 aromatic carbocycles. The molecule has 2 heterocycles. The third kappa shape index (κ3) is 4.61. The topological polar surface area (TPSA) is 65.2 Å². The summed E-state index contributed by atoms with van der Waals surface area (Å²) in [6.07, 6.45) is 1.59. The first-order valence-electron chi connectivity index (χ1n) is 11.2. The van der Waals surface area contributed by atoms with E-state index in [4.69, 9.17) is 11.6 Å². The Morgan fingerprint density at radius 2 is 1.82 bits per heavy atom. The van der Waals surface area contributed by atoms with Gasteiger partial charge in [-0.1, -0.05) is 57.9 Å². The molecule has 34 heavy (non-hydrogen) atoms. The molecular formula is C27H23BrClN3O2. The molecule has 1 aromatic heterocycles. The molecule has 1 fully saturated rings. The van der Waals surface area contributed by atoms with Gasteiger partial charge in [0.15, 0.2) is 0 Å². The fourth-order valence-electron chi connectivity index (χ4n) is 4.63. The monoisotopic (exact) mass is 535 g/mol. The van der Waals surface area contributed by atoms with Crippen LogP contribution in [0.2, 0.25) is 5.02 Å². The summed E-state index contributed by atoms with van der Waals surface area (Å²) in [5.41, 5.74) is 3.70. The number of nitrogens with one attached hydrogen (secondary N) is 2. The molecule has 1 aliphatic rings. The number of carbonyl (C=O) groups excluding carboxylic acids is 1. The van der Waals surface area contributed by atoms with Crippen molar-refractivity contribution in [3.8, 4) is 11.1 Å². The first kappa shape index (κ1) is 22.7. The lowest BCUT2D eigenvalue weighted by molar-refractivity contribution is -0.120. The predicted octanol–water partition coefficient (Wildman–Crippen LogP) is 6.47. The Kier molecular flexibility index (Phi) is 6.44. The SMILES string of the molecule is O=C(Nc1ccc(Br)cc1)C1CCCN(c2c(-c3ccccc3)c3cc(Cl)ccc3[nH]c2=O)C1. The van der Waals surface area contributed by atoms with E-state index in [0.717, 1.165) is 45.0 Å². The molecule has 1 atom stereocenters. The summed E-state index contributed by atoms with van der Waals surface area (Å²) < 4.78 is 0.957. The molecule has 7 heteroatoms. The molecule has 1 saturated heterocycles. The first-order chi connectivity index (χ1) is 16.5. The minimum atomic E-state index is -0.226. The van der Waals surface area contributed by atoms with Crippen LogP contribution in [0.3, 0.4) is 0 Å². The van der Waals surface area contributed by atoms with Gasteiger partial charge in [-0.05, 0) is 60.9 Å². The van der Waals surface area contributed by atoms with Gasteiger partial charge in [-0.15, -0.1) is 0 Å². The number of halogens is 2. The molecule has 2 N–H and O–H groups in total. The Morgan fingerprint density at radius 1 is 1.06 bits per heavy atom. The van der Waals surface area contributed by atoms with Crippen LogP contribution in [0.5, 0.6) is 0 Å². The molecule has 172 valence electrons. The zero-order chi connectivity index (χ0) is 23.7. The van der Waals surface area contributed by atoms with Crippen LogP contribution in [0.4, 0.5) is 11.4 Å². The van der Waals surface area contributed by atoms with Gasteiger partial charge in [0.05, 0.1) is 5.92 Å². The van der Waals surface area contributed by atoms with Crippen LogP contribution < -0.4 is 15.8 Å². The lowest BCUT2D eigenvalue weighted by atomic mass is 9.93. The maximum absolute atomic E-state index is 13.4. The predicted molar refractivity (Wildman–Crippen MR) is 143 cm³/mol. The highest BCUT2D eigenvalue weighted by Crippen LogP contribution is 2.37. The minimum Gasteiger partial charge on any atom is -0.366 e. The maximum Gasteiger partial charge on any atom is 0.272 e. The molecule has 4 aromatic rings. The van der Waals surface area contributed by atoms with E-state index in [0.29, 0.717) is 23.8 Å². The Hall–Kier alpha value is -3.09. The normalized spacial score (nSPS) is 15.9. The number of aromatic nitrogens is 1. The number of aromatic amines is 1. The molecule has 0 saturated carbocycles. The summed E-state index contributed by atoms with van der Waals surface area (Å²) in [5, 5.41) is 4.51. The molecule has 0 radical (unpaired) electrons. The number of nitrogens with zero attached hydrogens (tertiary/aromatic N) is 1. The molecule has 1 amide bonds. The molecule has 5 rings (SSSR count). The number of rotatable bonds is 4. The van der Waals surface area contributed by atoms with Crippen molar-refractivity contribution in [3.63, 3.8) is 0 Å². The average molecular weight is 537 g/mol. The number of H-pyrrole nitrogens is 1. The third-order valence-corrected chi connectivity index (χ3v) is 7.00. The Bertz CT molecular complexity index is 1400. The van der Waals surface area contributed by atoms with E-state index in [1.165, 1.54) is 0 Å². The van der Waals surface area contributed by atoms with Crippen LogP contribution in [-0.2, 0) is 4.79 Å². The van der Waals surface area contributed by atoms with E-state index >= 15 is 0 Å². The molecule has 0 spiro atoms. The molecular weight excluding hydrogens is 514 g/mol. The number of pyridine rings is 1. The van der Waals surface area contributed by atoms with Crippen LogP contribution in [0.25, 0.3) is 22.0 Å². The van der Waals surface area contributed by atoms with Crippen LogP contribution in [0, 0.1) is 5.92 Å². The van der Waals surface area contributed by atoms with E-state index in [9.17, 15) is 9.59 Å². The smallest absolute Gasteiger partial charge is 0.272 e. The fourth-order valence-corrected chi connectivity index (χ4v) is 5.06. The number of piperidine rings is 1. The summed E-state index contributed by atoms with van der Waals surface area (Å²) >= 11 is 9.76. The second-order valence-electron chi connectivity index (χ2n) is 8.51. The molecule has 0 bridgehead atoms. The van der Waals surface area contributed by atoms with E-state index in [1.54, 1.807) is 6.07 Å². The standard InChI is InChI=1S/C27H23BrClN3O2/c28-19-8-11-21(12-9-19)30-26(33)18-7-4-14-32(16-18)25-24(17-5-2-1-3-6-17)22-15-20(29)10-13-23(22)31-27(25)34/h1-3,5-6,8-13,15,18H,4,7,14,16H2,(H,30,33)(H,31,34). The van der Waals surface area contributed by atoms with Crippen molar-refractivity contribution in [3.05, 3.63) is 92.6 Å². The molecule has 1 unspecified atom stereocenters. The second kappa shape index (κ2) is 9.65. The summed E-state index contributed by atoms with van der Waals surface area (Å²) in [5.74, 6) is -0.260. The Labute approximate surface area is 210 Å². The van der Waals surface area contributed by atoms with E-state index in [-0.39, 0.29) is 17.4 Å². The van der Waals surface area contributed by atoms with Crippen LogP contribution in [0.1, 0.15) is 12.8 Å². The summed E-state index contributed by atoms with van der Waals surface area (Å²) in [6, 6.07) is 22.9. The van der Waals surface area contributed by atoms with Gasteiger partial charge in [-0.3, -0.25) is 9.59 Å². The zero-order valence-electron chi connectivity index (χ0n) is 18.4. The number of carbonyl (C=O) groups is 1. The Morgan fingerprint density at radius 3 is 2.59 bits per heavy atom. The highest BCUT2D eigenvalue weighted by Gasteiger charge is 2.29. The number of anilines is 2. The number of hydrogen-bond donors (Lipinski definition) is 2. The zero-order valence-corrected chi connectivity index (χ0v) is 20.7. The molecule has 1 aliphatic heterocycles. The number of benzene rings is 3. The van der Waals surface area contributed by atoms with Gasteiger partial charge < -0.3 is 15.2 Å². The van der Waals surface area contributed by atoms with E-state index in [2.05, 4.69) is 31.1 Å². The van der Waals surface area contributed by atoms with Gasteiger partial charge in [0.2, 0.25) is 5.91 Å². The number of amides is 1. The van der Waals surface area contributed by atoms with Crippen LogP contribution in [0.15, 0.2) is 82.1 Å². The van der Waals surface area contributed by atoms with Crippen LogP contribution >= 0.6 is 27.5 Å². The van der Waals surface area contributed by atoms with Crippen LogP contribution in [-0.4, -0.2) is 24.0 Å². The lowest BCUT2D eigenvalue weighted by Gasteiger charge is -2.34. The van der Waals surface area contributed by atoms with Crippen molar-refractivity contribution in [1.29, 1.82) is 0 Å². The van der Waals surface area contributed by atoms with Gasteiger partial charge in [-0.25, -0.2) is 0 Å². The van der Waals surface area contributed by atoms with Crippen molar-refractivity contribution in [1.82, 2.24) is 4.98 Å². The van der Waals surface area contributed by atoms with Gasteiger partial charge in [0.1, 0.15) is 5.69 Å². The summed E-state index contributed by atoms with van der Waals surface area (Å²) in [4.78, 5) is 31.5. The first-order valence-corrected chi connectivity index (χ1v) is 12.4. The van der Waals surface area contributed by atoms with Gasteiger partial charge in [0, 0.05) is 44.7 Å². The quantitative estimate of drug-likeness (QED) is 0.314. The largest absolute Gasteiger partial charge is 0.366 e. The van der Waals surface area contributed by atoms with Gasteiger partial charge in [0.25, 0.3) is 5.56 Å². The van der Waals surface area contributed by atoms with E-state index in [1.807, 2.05) is 66.7 Å². The molecule has 0 aliphatic carbocycles.